The predicted molar refractivity (Wildman–Crippen MR) is 106 cm³/mol. The van der Waals surface area contributed by atoms with E-state index in [0.717, 1.165) is 22.6 Å². The molecule has 0 bridgehead atoms. The van der Waals surface area contributed by atoms with Crippen molar-refractivity contribution >= 4 is 23.6 Å². The number of piperazine rings is 1. The Kier molecular flexibility index (Phi) is 6.52. The number of thioether (sulfide) groups is 1. The summed E-state index contributed by atoms with van der Waals surface area (Å²) in [6, 6.07) is 12.1. The monoisotopic (exact) mass is 422 g/mol. The molecule has 1 heterocycles. The van der Waals surface area contributed by atoms with Gasteiger partial charge in [0, 0.05) is 36.6 Å². The third-order valence-corrected chi connectivity index (χ3v) is 5.98. The minimum absolute atomic E-state index is 0.0138. The van der Waals surface area contributed by atoms with Gasteiger partial charge in [-0.15, -0.1) is 11.8 Å². The van der Waals surface area contributed by atoms with Gasteiger partial charge in [-0.3, -0.25) is 9.59 Å². The van der Waals surface area contributed by atoms with E-state index < -0.39 is 11.7 Å². The van der Waals surface area contributed by atoms with Gasteiger partial charge in [0.05, 0.1) is 11.3 Å². The van der Waals surface area contributed by atoms with Gasteiger partial charge in [-0.2, -0.15) is 13.2 Å². The zero-order valence-corrected chi connectivity index (χ0v) is 16.7. The second kappa shape index (κ2) is 8.90. The van der Waals surface area contributed by atoms with E-state index in [9.17, 15) is 22.8 Å². The fraction of sp³-hybridized carbons (Fsp3) is 0.333. The number of carbonyl (C=O) groups is 2. The number of carbonyl (C=O) groups excluding carboxylic acids is 2. The van der Waals surface area contributed by atoms with Crippen molar-refractivity contribution in [1.82, 2.24) is 9.80 Å². The Bertz CT molecular complexity index is 876. The number of hydrogen-bond acceptors (Lipinski definition) is 3. The van der Waals surface area contributed by atoms with Crippen LogP contribution in [0, 0.1) is 6.92 Å². The minimum atomic E-state index is -4.43. The van der Waals surface area contributed by atoms with E-state index in [2.05, 4.69) is 0 Å². The van der Waals surface area contributed by atoms with Crippen LogP contribution in [-0.2, 0) is 11.0 Å². The van der Waals surface area contributed by atoms with E-state index in [1.54, 1.807) is 9.80 Å². The summed E-state index contributed by atoms with van der Waals surface area (Å²) >= 11 is 1.49. The molecule has 29 heavy (non-hydrogen) atoms. The summed E-state index contributed by atoms with van der Waals surface area (Å²) in [6.07, 6.45) is -4.43. The lowest BCUT2D eigenvalue weighted by molar-refractivity contribution is -0.137. The molecule has 2 amide bonds. The second-order valence-electron chi connectivity index (χ2n) is 6.80. The number of hydrogen-bond donors (Lipinski definition) is 0. The molecular formula is C21H21F3N2O2S. The molecule has 1 saturated heterocycles. The predicted octanol–water partition coefficient (Wildman–Crippen LogP) is 4.09. The molecule has 1 aliphatic heterocycles. The lowest BCUT2D eigenvalue weighted by Gasteiger charge is -2.34. The van der Waals surface area contributed by atoms with Crippen molar-refractivity contribution in [2.24, 2.45) is 0 Å². The van der Waals surface area contributed by atoms with Gasteiger partial charge in [-0.25, -0.2) is 0 Å². The summed E-state index contributed by atoms with van der Waals surface area (Å²) < 4.78 is 38.0. The van der Waals surface area contributed by atoms with Crippen LogP contribution in [0.5, 0.6) is 0 Å². The Morgan fingerprint density at radius 2 is 1.52 bits per heavy atom. The summed E-state index contributed by atoms with van der Waals surface area (Å²) in [7, 11) is 0. The highest BCUT2D eigenvalue weighted by Crippen LogP contribution is 2.29. The molecule has 154 valence electrons. The first-order valence-electron chi connectivity index (χ1n) is 9.18. The van der Waals surface area contributed by atoms with Gasteiger partial charge in [0.15, 0.2) is 0 Å². The molecule has 3 rings (SSSR count). The van der Waals surface area contributed by atoms with E-state index in [-0.39, 0.29) is 17.4 Å². The first kappa shape index (κ1) is 21.2. The quantitative estimate of drug-likeness (QED) is 0.697. The molecule has 0 radical (unpaired) electrons. The minimum Gasteiger partial charge on any atom is -0.338 e. The molecule has 0 spiro atoms. The third kappa shape index (κ3) is 5.32. The van der Waals surface area contributed by atoms with Crippen LogP contribution < -0.4 is 0 Å². The molecule has 0 atom stereocenters. The van der Waals surface area contributed by atoms with E-state index in [4.69, 9.17) is 0 Å². The maximum atomic E-state index is 12.7. The van der Waals surface area contributed by atoms with Crippen LogP contribution in [-0.4, -0.2) is 53.5 Å². The second-order valence-corrected chi connectivity index (χ2v) is 7.82. The number of aryl methyl sites for hydroxylation is 1. The average molecular weight is 422 g/mol. The molecule has 0 saturated carbocycles. The lowest BCUT2D eigenvalue weighted by atomic mass is 10.1. The largest absolute Gasteiger partial charge is 0.416 e. The van der Waals surface area contributed by atoms with Crippen LogP contribution >= 0.6 is 11.8 Å². The van der Waals surface area contributed by atoms with Crippen LogP contribution in [0.1, 0.15) is 21.5 Å². The third-order valence-electron chi connectivity index (χ3n) is 4.82. The maximum absolute atomic E-state index is 12.7. The summed E-state index contributed by atoms with van der Waals surface area (Å²) in [4.78, 5) is 29.3. The maximum Gasteiger partial charge on any atom is 0.416 e. The Balaban J connectivity index is 1.51. The smallest absolute Gasteiger partial charge is 0.338 e. The number of rotatable bonds is 4. The van der Waals surface area contributed by atoms with E-state index >= 15 is 0 Å². The van der Waals surface area contributed by atoms with Gasteiger partial charge in [0.1, 0.15) is 0 Å². The number of nitrogens with zero attached hydrogens (tertiary/aromatic N) is 2. The van der Waals surface area contributed by atoms with Gasteiger partial charge in [0.25, 0.3) is 5.91 Å². The van der Waals surface area contributed by atoms with Gasteiger partial charge in [-0.1, -0.05) is 18.2 Å². The molecule has 0 N–H and O–H groups in total. The fourth-order valence-corrected chi connectivity index (χ4v) is 4.02. The van der Waals surface area contributed by atoms with E-state index in [0.29, 0.717) is 31.9 Å². The van der Waals surface area contributed by atoms with Gasteiger partial charge < -0.3 is 9.80 Å². The SMILES string of the molecule is Cc1ccccc1SCC(=O)N1CCN(C(=O)c2ccc(C(F)(F)F)cc2)CC1. The van der Waals surface area contributed by atoms with Crippen molar-refractivity contribution in [3.63, 3.8) is 0 Å². The normalized spacial score (nSPS) is 14.8. The molecule has 0 aromatic heterocycles. The summed E-state index contributed by atoms with van der Waals surface area (Å²) in [5, 5.41) is 0. The van der Waals surface area contributed by atoms with Crippen molar-refractivity contribution in [3.05, 3.63) is 65.2 Å². The Morgan fingerprint density at radius 3 is 2.10 bits per heavy atom. The highest BCUT2D eigenvalue weighted by atomic mass is 32.2. The zero-order valence-electron chi connectivity index (χ0n) is 15.9. The highest BCUT2D eigenvalue weighted by Gasteiger charge is 2.31. The van der Waals surface area contributed by atoms with Crippen molar-refractivity contribution < 1.29 is 22.8 Å². The standard InChI is InChI=1S/C21H21F3N2O2S/c1-15-4-2-3-5-18(15)29-14-19(27)25-10-12-26(13-11-25)20(28)16-6-8-17(9-7-16)21(22,23)24/h2-9H,10-14H2,1H3. The Labute approximate surface area is 171 Å². The summed E-state index contributed by atoms with van der Waals surface area (Å²) in [5.41, 5.74) is 0.556. The topological polar surface area (TPSA) is 40.6 Å². The lowest BCUT2D eigenvalue weighted by Crippen LogP contribution is -2.51. The molecule has 2 aromatic rings. The molecule has 8 heteroatoms. The number of amides is 2. The molecule has 4 nitrogen and oxygen atoms in total. The molecule has 0 aliphatic carbocycles. The van der Waals surface area contributed by atoms with Crippen molar-refractivity contribution in [3.8, 4) is 0 Å². The van der Waals surface area contributed by atoms with Gasteiger partial charge in [0.2, 0.25) is 5.91 Å². The highest BCUT2D eigenvalue weighted by molar-refractivity contribution is 8.00. The molecule has 0 unspecified atom stereocenters. The van der Waals surface area contributed by atoms with Crippen LogP contribution in [0.3, 0.4) is 0 Å². The first-order chi connectivity index (χ1) is 13.8. The molecule has 2 aromatic carbocycles. The van der Waals surface area contributed by atoms with Crippen molar-refractivity contribution in [2.75, 3.05) is 31.9 Å². The fourth-order valence-electron chi connectivity index (χ4n) is 3.09. The average Bonchev–Trinajstić information content (AvgIpc) is 2.72. The summed E-state index contributed by atoms with van der Waals surface area (Å²) in [5.74, 6) is 0.0255. The van der Waals surface area contributed by atoms with Crippen LogP contribution in [0.2, 0.25) is 0 Å². The van der Waals surface area contributed by atoms with Crippen LogP contribution in [0.15, 0.2) is 53.4 Å². The summed E-state index contributed by atoms with van der Waals surface area (Å²) in [6.45, 7) is 3.55. The van der Waals surface area contributed by atoms with Crippen LogP contribution in [0.25, 0.3) is 0 Å². The Hall–Kier alpha value is -2.48. The number of alkyl halides is 3. The molecule has 1 fully saturated rings. The van der Waals surface area contributed by atoms with Crippen molar-refractivity contribution in [2.45, 2.75) is 18.0 Å². The molecular weight excluding hydrogens is 401 g/mol. The number of halogens is 3. The zero-order chi connectivity index (χ0) is 21.0. The van der Waals surface area contributed by atoms with Crippen molar-refractivity contribution in [1.29, 1.82) is 0 Å². The van der Waals surface area contributed by atoms with Gasteiger partial charge in [-0.05, 0) is 42.8 Å². The van der Waals surface area contributed by atoms with Crippen LogP contribution in [0.4, 0.5) is 13.2 Å². The van der Waals surface area contributed by atoms with E-state index in [1.807, 2.05) is 31.2 Å². The van der Waals surface area contributed by atoms with E-state index in [1.165, 1.54) is 23.9 Å². The van der Waals surface area contributed by atoms with Gasteiger partial charge >= 0.3 is 6.18 Å². The molecule has 1 aliphatic rings. The number of benzene rings is 2. The first-order valence-corrected chi connectivity index (χ1v) is 10.2. The Morgan fingerprint density at radius 1 is 0.931 bits per heavy atom.